The van der Waals surface area contributed by atoms with Crippen molar-refractivity contribution in [3.63, 3.8) is 0 Å². The van der Waals surface area contributed by atoms with Crippen LogP contribution in [0.3, 0.4) is 0 Å². The van der Waals surface area contributed by atoms with Crippen molar-refractivity contribution in [2.75, 3.05) is 11.1 Å². The highest BCUT2D eigenvalue weighted by Crippen LogP contribution is 2.28. The second-order valence-electron chi connectivity index (χ2n) is 2.89. The average molecular weight is 284 g/mol. The molecule has 0 aromatic heterocycles. The molecule has 16 heavy (non-hydrogen) atoms. The van der Waals surface area contributed by atoms with Crippen molar-refractivity contribution in [2.45, 2.75) is 0 Å². The summed E-state index contributed by atoms with van der Waals surface area (Å²) >= 11 is 2.91. The highest BCUT2D eigenvalue weighted by Gasteiger charge is 2.23. The van der Waals surface area contributed by atoms with E-state index in [4.69, 9.17) is 11.0 Å². The molecular formula is C9H6BrN3O3. The Morgan fingerprint density at radius 3 is 2.69 bits per heavy atom. The summed E-state index contributed by atoms with van der Waals surface area (Å²) in [7, 11) is 0. The van der Waals surface area contributed by atoms with E-state index >= 15 is 0 Å². The molecule has 2 N–H and O–H groups in total. The molecule has 0 bridgehead atoms. The van der Waals surface area contributed by atoms with Gasteiger partial charge in [-0.1, -0.05) is 15.9 Å². The Bertz CT molecular complexity index is 507. The monoisotopic (exact) mass is 283 g/mol. The van der Waals surface area contributed by atoms with Gasteiger partial charge in [-0.25, -0.2) is 0 Å². The number of rotatable bonds is 3. The van der Waals surface area contributed by atoms with Gasteiger partial charge in [-0.15, -0.1) is 0 Å². The van der Waals surface area contributed by atoms with Gasteiger partial charge in [0.25, 0.3) is 0 Å². The lowest BCUT2D eigenvalue weighted by molar-refractivity contribution is -0.384. The van der Waals surface area contributed by atoms with Crippen LogP contribution in [0.25, 0.3) is 0 Å². The van der Waals surface area contributed by atoms with Crippen molar-refractivity contribution < 1.29 is 9.72 Å². The first-order chi connectivity index (χ1) is 7.51. The number of alkyl halides is 1. The molecule has 6 nitrogen and oxygen atoms in total. The summed E-state index contributed by atoms with van der Waals surface area (Å²) in [6.45, 7) is 0. The fourth-order valence-electron chi connectivity index (χ4n) is 1.21. The van der Waals surface area contributed by atoms with E-state index < -0.39 is 16.4 Å². The summed E-state index contributed by atoms with van der Waals surface area (Å²) in [5, 5.41) is 19.3. The van der Waals surface area contributed by atoms with Crippen LogP contribution in [0.4, 0.5) is 11.4 Å². The minimum atomic E-state index is -0.730. The number of carbonyl (C=O) groups excluding carboxylic acids is 1. The molecule has 0 spiro atoms. The van der Waals surface area contributed by atoms with Crippen LogP contribution in [-0.4, -0.2) is 16.0 Å². The summed E-state index contributed by atoms with van der Waals surface area (Å²) in [4.78, 5) is 21.5. The maximum Gasteiger partial charge on any atom is 0.302 e. The number of halogens is 1. The van der Waals surface area contributed by atoms with Crippen molar-refractivity contribution in [3.05, 3.63) is 33.4 Å². The molecule has 1 rings (SSSR count). The van der Waals surface area contributed by atoms with Crippen LogP contribution in [-0.2, 0) is 0 Å². The van der Waals surface area contributed by atoms with E-state index in [1.807, 2.05) is 0 Å². The van der Waals surface area contributed by atoms with Crippen molar-refractivity contribution >= 4 is 33.1 Å². The lowest BCUT2D eigenvalue weighted by Gasteiger charge is -2.03. The van der Waals surface area contributed by atoms with Gasteiger partial charge in [-0.3, -0.25) is 14.9 Å². The number of carbonyl (C=O) groups is 1. The zero-order valence-corrected chi connectivity index (χ0v) is 9.52. The van der Waals surface area contributed by atoms with Gasteiger partial charge in [0.05, 0.1) is 27.4 Å². The lowest BCUT2D eigenvalue weighted by atomic mass is 10.0. The van der Waals surface area contributed by atoms with E-state index in [2.05, 4.69) is 15.9 Å². The third kappa shape index (κ3) is 2.17. The standard InChI is InChI=1S/C9H6BrN3O3/c10-3-8(14)6-1-5(4-11)2-7(12)9(6)13(15)16/h1-2H,3,12H2. The fraction of sp³-hybridized carbons (Fsp3) is 0.111. The second kappa shape index (κ2) is 4.72. The number of hydrogen-bond donors (Lipinski definition) is 1. The molecule has 0 radical (unpaired) electrons. The van der Waals surface area contributed by atoms with E-state index in [9.17, 15) is 14.9 Å². The summed E-state index contributed by atoms with van der Waals surface area (Å²) in [5.74, 6) is -0.490. The Hall–Kier alpha value is -1.94. The van der Waals surface area contributed by atoms with Crippen LogP contribution in [0.2, 0.25) is 0 Å². The van der Waals surface area contributed by atoms with Crippen LogP contribution >= 0.6 is 15.9 Å². The molecule has 1 aromatic carbocycles. The Labute approximate surface area is 98.9 Å². The van der Waals surface area contributed by atoms with E-state index in [0.717, 1.165) is 6.07 Å². The number of nitriles is 1. The number of nitrogen functional groups attached to an aromatic ring is 1. The number of hydrogen-bond acceptors (Lipinski definition) is 5. The van der Waals surface area contributed by atoms with Gasteiger partial charge in [-0.05, 0) is 12.1 Å². The lowest BCUT2D eigenvalue weighted by Crippen LogP contribution is -2.08. The smallest absolute Gasteiger partial charge is 0.302 e. The number of nitro groups is 1. The van der Waals surface area contributed by atoms with Gasteiger partial charge in [0.2, 0.25) is 0 Å². The second-order valence-corrected chi connectivity index (χ2v) is 3.45. The van der Waals surface area contributed by atoms with Crippen molar-refractivity contribution in [1.82, 2.24) is 0 Å². The van der Waals surface area contributed by atoms with Crippen LogP contribution in [0, 0.1) is 21.4 Å². The SMILES string of the molecule is N#Cc1cc(N)c([N+](=O)[O-])c(C(=O)CBr)c1. The number of nitrogens with two attached hydrogens (primary N) is 1. The van der Waals surface area contributed by atoms with E-state index in [-0.39, 0.29) is 22.1 Å². The van der Waals surface area contributed by atoms with Crippen molar-refractivity contribution in [2.24, 2.45) is 0 Å². The molecule has 0 aliphatic heterocycles. The van der Waals surface area contributed by atoms with Crippen molar-refractivity contribution in [3.8, 4) is 6.07 Å². The molecule has 0 saturated heterocycles. The fourth-order valence-corrected chi connectivity index (χ4v) is 1.51. The zero-order valence-electron chi connectivity index (χ0n) is 7.94. The number of Topliss-reactive ketones (excluding diaryl/α,β-unsaturated/α-hetero) is 1. The van der Waals surface area contributed by atoms with E-state index in [0.29, 0.717) is 0 Å². The summed E-state index contributed by atoms with van der Waals surface area (Å²) in [6, 6.07) is 4.12. The van der Waals surface area contributed by atoms with E-state index in [1.165, 1.54) is 6.07 Å². The van der Waals surface area contributed by atoms with Crippen LogP contribution < -0.4 is 5.73 Å². The molecule has 0 aliphatic carbocycles. The predicted octanol–water partition coefficient (Wildman–Crippen LogP) is 1.63. The first kappa shape index (κ1) is 12.1. The molecule has 0 heterocycles. The minimum Gasteiger partial charge on any atom is -0.393 e. The highest BCUT2D eigenvalue weighted by atomic mass is 79.9. The molecule has 0 saturated carbocycles. The van der Waals surface area contributed by atoms with Crippen LogP contribution in [0.5, 0.6) is 0 Å². The molecule has 0 fully saturated rings. The van der Waals surface area contributed by atoms with Gasteiger partial charge in [-0.2, -0.15) is 5.26 Å². The molecule has 0 unspecified atom stereocenters. The highest BCUT2D eigenvalue weighted by molar-refractivity contribution is 9.09. The maximum absolute atomic E-state index is 11.4. The number of benzene rings is 1. The van der Waals surface area contributed by atoms with Gasteiger partial charge < -0.3 is 5.73 Å². The maximum atomic E-state index is 11.4. The molecule has 0 amide bonds. The number of ketones is 1. The minimum absolute atomic E-state index is 0.0673. The average Bonchev–Trinajstić information content (AvgIpc) is 2.26. The third-order valence-corrected chi connectivity index (χ3v) is 2.38. The first-order valence-corrected chi connectivity index (χ1v) is 5.20. The normalized spacial score (nSPS) is 9.50. The number of nitrogens with zero attached hydrogens (tertiary/aromatic N) is 2. The Kier molecular flexibility index (Phi) is 3.58. The largest absolute Gasteiger partial charge is 0.393 e. The predicted molar refractivity (Wildman–Crippen MR) is 60.3 cm³/mol. The number of anilines is 1. The van der Waals surface area contributed by atoms with Crippen LogP contribution in [0.15, 0.2) is 12.1 Å². The van der Waals surface area contributed by atoms with Crippen molar-refractivity contribution in [1.29, 1.82) is 5.26 Å². The molecule has 1 aromatic rings. The zero-order chi connectivity index (χ0) is 12.3. The van der Waals surface area contributed by atoms with E-state index in [1.54, 1.807) is 6.07 Å². The topological polar surface area (TPSA) is 110 Å². The molecule has 0 aliphatic rings. The summed E-state index contributed by atoms with van der Waals surface area (Å²) in [6.07, 6.45) is 0. The van der Waals surface area contributed by atoms with Gasteiger partial charge >= 0.3 is 5.69 Å². The quantitative estimate of drug-likeness (QED) is 0.298. The van der Waals surface area contributed by atoms with Gasteiger partial charge in [0.1, 0.15) is 5.69 Å². The summed E-state index contributed by atoms with van der Waals surface area (Å²) in [5.41, 5.74) is 4.75. The molecule has 0 atom stereocenters. The first-order valence-electron chi connectivity index (χ1n) is 4.08. The number of nitro benzene ring substituents is 1. The van der Waals surface area contributed by atoms with Gasteiger partial charge in [0, 0.05) is 0 Å². The Balaban J connectivity index is 3.54. The molecular weight excluding hydrogens is 278 g/mol. The Morgan fingerprint density at radius 2 is 2.25 bits per heavy atom. The molecule has 7 heteroatoms. The Morgan fingerprint density at radius 1 is 1.62 bits per heavy atom. The molecule has 82 valence electrons. The summed E-state index contributed by atoms with van der Waals surface area (Å²) < 4.78 is 0. The van der Waals surface area contributed by atoms with Crippen LogP contribution in [0.1, 0.15) is 15.9 Å². The van der Waals surface area contributed by atoms with Gasteiger partial charge in [0.15, 0.2) is 5.78 Å². The third-order valence-electron chi connectivity index (χ3n) is 1.87.